The summed E-state index contributed by atoms with van der Waals surface area (Å²) in [4.78, 5) is 13.2. The second kappa shape index (κ2) is 9.31. The molecule has 0 radical (unpaired) electrons. The molecule has 0 aliphatic carbocycles. The molecule has 0 unspecified atom stereocenters. The van der Waals surface area contributed by atoms with Gasteiger partial charge in [0.2, 0.25) is 10.0 Å². The first-order valence-electron chi connectivity index (χ1n) is 10.7. The van der Waals surface area contributed by atoms with E-state index in [2.05, 4.69) is 24.3 Å². The summed E-state index contributed by atoms with van der Waals surface area (Å²) in [5.74, 6) is 0.815. The molecule has 0 saturated carbocycles. The van der Waals surface area contributed by atoms with E-state index in [0.29, 0.717) is 36.0 Å². The van der Waals surface area contributed by atoms with Crippen molar-refractivity contribution in [2.45, 2.75) is 64.8 Å². The highest BCUT2D eigenvalue weighted by Gasteiger charge is 2.30. The Hall–Kier alpha value is -2.19. The van der Waals surface area contributed by atoms with Crippen molar-refractivity contribution >= 4 is 21.7 Å². The lowest BCUT2D eigenvalue weighted by atomic mass is 10.0. The van der Waals surface area contributed by atoms with Crippen LogP contribution >= 0.6 is 0 Å². The summed E-state index contributed by atoms with van der Waals surface area (Å²) >= 11 is 0. The molecule has 0 atom stereocenters. The van der Waals surface area contributed by atoms with E-state index in [9.17, 15) is 13.2 Å². The van der Waals surface area contributed by atoms with Gasteiger partial charge in [0, 0.05) is 31.3 Å². The number of piperidine rings is 1. The van der Waals surface area contributed by atoms with Crippen LogP contribution in [0.2, 0.25) is 0 Å². The number of carbonyl (C=O) groups excluding carboxylic acids is 1. The van der Waals surface area contributed by atoms with E-state index < -0.39 is 10.0 Å². The molecule has 1 saturated heterocycles. The second-order valence-electron chi connectivity index (χ2n) is 8.25. The molecule has 2 aromatic rings. The minimum absolute atomic E-state index is 0.224. The van der Waals surface area contributed by atoms with Crippen LogP contribution in [-0.4, -0.2) is 41.5 Å². The van der Waals surface area contributed by atoms with Crippen molar-refractivity contribution in [3.63, 3.8) is 0 Å². The summed E-state index contributed by atoms with van der Waals surface area (Å²) < 4.78 is 29.9. The Kier molecular flexibility index (Phi) is 6.98. The number of benzene rings is 1. The molecule has 0 bridgehead atoms. The number of nitrogens with one attached hydrogen (secondary N) is 1. The lowest BCUT2D eigenvalue weighted by molar-refractivity contribution is 0.102. The molecular formula is C22H32N4O3S. The monoisotopic (exact) mass is 432 g/mol. The molecule has 1 N–H and O–H groups in total. The molecule has 1 aromatic carbocycles. The number of hydrogen-bond acceptors (Lipinski definition) is 4. The highest BCUT2D eigenvalue weighted by Crippen LogP contribution is 2.28. The van der Waals surface area contributed by atoms with E-state index in [1.165, 1.54) is 6.07 Å². The fourth-order valence-electron chi connectivity index (χ4n) is 3.70. The second-order valence-corrected chi connectivity index (χ2v) is 10.2. The predicted octanol–water partition coefficient (Wildman–Crippen LogP) is 3.97. The molecule has 3 rings (SSSR count). The van der Waals surface area contributed by atoms with Gasteiger partial charge in [0.25, 0.3) is 5.91 Å². The zero-order chi connectivity index (χ0) is 21.9. The molecule has 0 spiro atoms. The van der Waals surface area contributed by atoms with Crippen LogP contribution in [0.25, 0.3) is 0 Å². The number of sulfonamides is 1. The number of rotatable bonds is 7. The van der Waals surface area contributed by atoms with Gasteiger partial charge in [0.05, 0.1) is 11.1 Å². The van der Waals surface area contributed by atoms with Crippen molar-refractivity contribution in [3.8, 4) is 0 Å². The van der Waals surface area contributed by atoms with Crippen molar-refractivity contribution in [1.82, 2.24) is 14.1 Å². The largest absolute Gasteiger partial charge is 0.307 e. The summed E-state index contributed by atoms with van der Waals surface area (Å²) in [6.07, 6.45) is 5.36. The van der Waals surface area contributed by atoms with Gasteiger partial charge in [-0.25, -0.2) is 13.1 Å². The van der Waals surface area contributed by atoms with Gasteiger partial charge in [0.15, 0.2) is 0 Å². The molecule has 1 aliphatic rings. The molecule has 30 heavy (non-hydrogen) atoms. The molecule has 164 valence electrons. The van der Waals surface area contributed by atoms with E-state index >= 15 is 0 Å². The van der Waals surface area contributed by atoms with E-state index in [-0.39, 0.29) is 10.8 Å². The summed E-state index contributed by atoms with van der Waals surface area (Å²) in [5.41, 5.74) is 1.81. The zero-order valence-corrected chi connectivity index (χ0v) is 19.1. The number of carbonyl (C=O) groups is 1. The van der Waals surface area contributed by atoms with Gasteiger partial charge >= 0.3 is 0 Å². The topological polar surface area (TPSA) is 84.3 Å². The minimum Gasteiger partial charge on any atom is -0.307 e. The molecular weight excluding hydrogens is 400 g/mol. The Bertz CT molecular complexity index is 1010. The number of unbranched alkanes of at least 4 members (excludes halogenated alkanes) is 1. The number of aromatic nitrogens is 2. The van der Waals surface area contributed by atoms with Crippen molar-refractivity contribution in [2.75, 3.05) is 18.4 Å². The maximum atomic E-state index is 13.3. The van der Waals surface area contributed by atoms with Crippen LogP contribution < -0.4 is 5.32 Å². The maximum absolute atomic E-state index is 13.3. The predicted molar refractivity (Wildman–Crippen MR) is 118 cm³/mol. The summed E-state index contributed by atoms with van der Waals surface area (Å²) in [6, 6.07) is 5.01. The SMILES string of the molecule is CCCCn1nccc1NC(=O)c1cc(C)c(C)c(S(=O)(=O)N2CCC(C)CC2)c1. The van der Waals surface area contributed by atoms with E-state index in [1.807, 2.05) is 6.92 Å². The third-order valence-electron chi connectivity index (χ3n) is 5.92. The van der Waals surface area contributed by atoms with Gasteiger partial charge in [-0.15, -0.1) is 0 Å². The third kappa shape index (κ3) is 4.75. The molecule has 1 amide bonds. The normalized spacial score (nSPS) is 16.0. The first-order valence-corrected chi connectivity index (χ1v) is 12.1. The Labute approximate surface area is 179 Å². The fourth-order valence-corrected chi connectivity index (χ4v) is 5.50. The van der Waals surface area contributed by atoms with Gasteiger partial charge in [-0.3, -0.25) is 4.79 Å². The molecule has 8 heteroatoms. The highest BCUT2D eigenvalue weighted by molar-refractivity contribution is 7.89. The number of hydrogen-bond donors (Lipinski definition) is 1. The van der Waals surface area contributed by atoms with Crippen LogP contribution in [0.15, 0.2) is 29.3 Å². The van der Waals surface area contributed by atoms with Crippen LogP contribution in [0, 0.1) is 19.8 Å². The standard InChI is InChI=1S/C22H32N4O3S/c1-5-6-11-26-21(7-10-23-26)24-22(27)19-14-17(3)18(4)20(15-19)30(28,29)25-12-8-16(2)9-13-25/h7,10,14-16H,5-6,8-9,11-13H2,1-4H3,(H,24,27). The van der Waals surface area contributed by atoms with Gasteiger partial charge in [-0.05, 0) is 62.3 Å². The summed E-state index contributed by atoms with van der Waals surface area (Å²) in [5, 5.41) is 7.14. The van der Waals surface area contributed by atoms with Gasteiger partial charge in [-0.1, -0.05) is 20.3 Å². The van der Waals surface area contributed by atoms with Crippen LogP contribution in [0.4, 0.5) is 5.82 Å². The third-order valence-corrected chi connectivity index (χ3v) is 7.95. The van der Waals surface area contributed by atoms with Crippen LogP contribution in [-0.2, 0) is 16.6 Å². The van der Waals surface area contributed by atoms with E-state index in [0.717, 1.165) is 37.8 Å². The van der Waals surface area contributed by atoms with E-state index in [1.54, 1.807) is 34.2 Å². The van der Waals surface area contributed by atoms with Crippen molar-refractivity contribution in [2.24, 2.45) is 5.92 Å². The molecule has 1 aliphatic heterocycles. The lowest BCUT2D eigenvalue weighted by Gasteiger charge is -2.30. The number of nitrogens with zero attached hydrogens (tertiary/aromatic N) is 3. The first-order chi connectivity index (χ1) is 14.2. The first kappa shape index (κ1) is 22.5. The number of aryl methyl sites for hydroxylation is 2. The quantitative estimate of drug-likeness (QED) is 0.717. The lowest BCUT2D eigenvalue weighted by Crippen LogP contribution is -2.38. The summed E-state index contributed by atoms with van der Waals surface area (Å²) in [7, 11) is -3.64. The molecule has 2 heterocycles. The highest BCUT2D eigenvalue weighted by atomic mass is 32.2. The number of amides is 1. The average molecular weight is 433 g/mol. The van der Waals surface area contributed by atoms with E-state index in [4.69, 9.17) is 0 Å². The van der Waals surface area contributed by atoms with Gasteiger partial charge in [-0.2, -0.15) is 9.40 Å². The van der Waals surface area contributed by atoms with Crippen molar-refractivity contribution in [1.29, 1.82) is 0 Å². The van der Waals surface area contributed by atoms with Gasteiger partial charge in [0.1, 0.15) is 5.82 Å². The molecule has 7 nitrogen and oxygen atoms in total. The van der Waals surface area contributed by atoms with Gasteiger partial charge < -0.3 is 5.32 Å². The molecule has 1 aromatic heterocycles. The smallest absolute Gasteiger partial charge is 0.256 e. The number of anilines is 1. The zero-order valence-electron chi connectivity index (χ0n) is 18.3. The Morgan fingerprint density at radius 3 is 2.60 bits per heavy atom. The van der Waals surface area contributed by atoms with Crippen molar-refractivity contribution < 1.29 is 13.2 Å². The van der Waals surface area contributed by atoms with Crippen LogP contribution in [0.3, 0.4) is 0 Å². The summed E-state index contributed by atoms with van der Waals surface area (Å²) in [6.45, 7) is 9.66. The minimum atomic E-state index is -3.64. The Morgan fingerprint density at radius 1 is 1.23 bits per heavy atom. The Balaban J connectivity index is 1.88. The maximum Gasteiger partial charge on any atom is 0.256 e. The fraction of sp³-hybridized carbons (Fsp3) is 0.545. The Morgan fingerprint density at radius 2 is 1.93 bits per heavy atom. The van der Waals surface area contributed by atoms with Crippen molar-refractivity contribution in [3.05, 3.63) is 41.1 Å². The van der Waals surface area contributed by atoms with Crippen LogP contribution in [0.5, 0.6) is 0 Å². The van der Waals surface area contributed by atoms with Crippen LogP contribution in [0.1, 0.15) is 61.0 Å². The average Bonchev–Trinajstić information content (AvgIpc) is 3.15. The molecule has 1 fully saturated rings.